The van der Waals surface area contributed by atoms with E-state index in [-0.39, 0.29) is 29.7 Å². The minimum Gasteiger partial charge on any atom is -0.352 e. The Kier molecular flexibility index (Phi) is 7.26. The average Bonchev–Trinajstić information content (AvgIpc) is 3.26. The highest BCUT2D eigenvalue weighted by molar-refractivity contribution is 7.12. The second-order valence-corrected chi connectivity index (χ2v) is 9.04. The third-order valence-corrected chi connectivity index (χ3v) is 6.21. The number of benzene rings is 1. The van der Waals surface area contributed by atoms with Gasteiger partial charge in [-0.1, -0.05) is 23.8 Å². The molecule has 6 nitrogen and oxygen atoms in total. The molecule has 0 saturated carbocycles. The number of carbonyl (C=O) groups is 3. The number of nitrogens with one attached hydrogen (secondary N) is 2. The van der Waals surface area contributed by atoms with Gasteiger partial charge >= 0.3 is 0 Å². The molecule has 3 rings (SSSR count). The lowest BCUT2D eigenvalue weighted by atomic mass is 9.88. The number of hydrogen-bond donors (Lipinski definition) is 2. The van der Waals surface area contributed by atoms with Crippen molar-refractivity contribution in [2.45, 2.75) is 45.7 Å². The summed E-state index contributed by atoms with van der Waals surface area (Å²) in [6, 6.07) is 10.5. The van der Waals surface area contributed by atoms with Gasteiger partial charge in [0.15, 0.2) is 0 Å². The molecule has 7 heteroatoms. The van der Waals surface area contributed by atoms with Crippen LogP contribution in [-0.4, -0.2) is 47.8 Å². The van der Waals surface area contributed by atoms with Crippen molar-refractivity contribution in [3.8, 4) is 0 Å². The molecule has 1 aliphatic heterocycles. The van der Waals surface area contributed by atoms with Gasteiger partial charge in [0.2, 0.25) is 5.91 Å². The molecular weight excluding hydrogens is 398 g/mol. The first-order valence-electron chi connectivity index (χ1n) is 10.4. The Labute approximate surface area is 181 Å². The lowest BCUT2D eigenvalue weighted by Crippen LogP contribution is -2.54. The molecule has 160 valence electrons. The smallest absolute Gasteiger partial charge is 0.262 e. The molecule has 0 spiro atoms. The summed E-state index contributed by atoms with van der Waals surface area (Å²) in [4.78, 5) is 40.6. The first-order valence-corrected chi connectivity index (χ1v) is 11.2. The van der Waals surface area contributed by atoms with Crippen LogP contribution in [0.25, 0.3) is 0 Å². The van der Waals surface area contributed by atoms with Crippen molar-refractivity contribution in [3.05, 3.63) is 57.8 Å². The van der Waals surface area contributed by atoms with Gasteiger partial charge in [-0.3, -0.25) is 14.4 Å². The van der Waals surface area contributed by atoms with Crippen LogP contribution in [-0.2, 0) is 4.79 Å². The normalized spacial score (nSPS) is 15.7. The van der Waals surface area contributed by atoms with E-state index in [1.54, 1.807) is 6.07 Å². The number of hydrogen-bond acceptors (Lipinski definition) is 4. The summed E-state index contributed by atoms with van der Waals surface area (Å²) < 4.78 is 0. The van der Waals surface area contributed by atoms with E-state index in [2.05, 4.69) is 10.6 Å². The second-order valence-electron chi connectivity index (χ2n) is 8.09. The van der Waals surface area contributed by atoms with E-state index in [1.165, 1.54) is 11.3 Å². The van der Waals surface area contributed by atoms with E-state index in [0.717, 1.165) is 5.56 Å². The number of carbonyl (C=O) groups excluding carboxylic acids is 3. The zero-order valence-corrected chi connectivity index (χ0v) is 18.5. The maximum absolute atomic E-state index is 12.8. The predicted octanol–water partition coefficient (Wildman–Crippen LogP) is 3.23. The SMILES string of the molecule is Cc1ccc(C(=O)N2CCC([C@@H](NC(=O)c3cccs3)C(=O)NC(C)C)CC2)cc1. The molecule has 1 saturated heterocycles. The molecule has 1 aromatic heterocycles. The maximum atomic E-state index is 12.8. The van der Waals surface area contributed by atoms with Gasteiger partial charge in [0.25, 0.3) is 11.8 Å². The van der Waals surface area contributed by atoms with Crippen molar-refractivity contribution in [2.75, 3.05) is 13.1 Å². The molecule has 1 fully saturated rings. The lowest BCUT2D eigenvalue weighted by molar-refractivity contribution is -0.125. The first kappa shape index (κ1) is 22.0. The van der Waals surface area contributed by atoms with Gasteiger partial charge in [0, 0.05) is 24.7 Å². The van der Waals surface area contributed by atoms with Gasteiger partial charge in [-0.05, 0) is 63.1 Å². The number of nitrogens with zero attached hydrogens (tertiary/aromatic N) is 1. The molecule has 2 N–H and O–H groups in total. The summed E-state index contributed by atoms with van der Waals surface area (Å²) in [5.74, 6) is -0.403. The highest BCUT2D eigenvalue weighted by Gasteiger charge is 2.34. The zero-order valence-electron chi connectivity index (χ0n) is 17.7. The minimum atomic E-state index is -0.612. The van der Waals surface area contributed by atoms with Crippen molar-refractivity contribution in [3.63, 3.8) is 0 Å². The third kappa shape index (κ3) is 5.48. The van der Waals surface area contributed by atoms with Crippen LogP contribution < -0.4 is 10.6 Å². The average molecular weight is 428 g/mol. The number of aryl methyl sites for hydroxylation is 1. The van der Waals surface area contributed by atoms with Gasteiger partial charge in [0.05, 0.1) is 4.88 Å². The second kappa shape index (κ2) is 9.89. The highest BCUT2D eigenvalue weighted by Crippen LogP contribution is 2.23. The number of thiophene rings is 1. The number of rotatable bonds is 6. The summed E-state index contributed by atoms with van der Waals surface area (Å²) in [7, 11) is 0. The third-order valence-electron chi connectivity index (χ3n) is 5.34. The summed E-state index contributed by atoms with van der Waals surface area (Å²) in [5.41, 5.74) is 1.80. The van der Waals surface area contributed by atoms with Gasteiger partial charge in [-0.15, -0.1) is 11.3 Å². The van der Waals surface area contributed by atoms with Crippen molar-refractivity contribution >= 4 is 29.1 Å². The Morgan fingerprint density at radius 2 is 1.70 bits per heavy atom. The molecule has 0 bridgehead atoms. The quantitative estimate of drug-likeness (QED) is 0.743. The highest BCUT2D eigenvalue weighted by atomic mass is 32.1. The topological polar surface area (TPSA) is 78.5 Å². The molecule has 30 heavy (non-hydrogen) atoms. The van der Waals surface area contributed by atoms with E-state index in [0.29, 0.717) is 36.4 Å². The van der Waals surface area contributed by atoms with Crippen LogP contribution in [0.2, 0.25) is 0 Å². The van der Waals surface area contributed by atoms with Gasteiger partial charge < -0.3 is 15.5 Å². The van der Waals surface area contributed by atoms with Crippen molar-refractivity contribution in [1.29, 1.82) is 0 Å². The lowest BCUT2D eigenvalue weighted by Gasteiger charge is -2.36. The number of amides is 3. The number of likely N-dealkylation sites (tertiary alicyclic amines) is 1. The molecule has 3 amide bonds. The van der Waals surface area contributed by atoms with Crippen LogP contribution in [0.1, 0.15) is 52.3 Å². The summed E-state index contributed by atoms with van der Waals surface area (Å²) in [6.07, 6.45) is 1.33. The van der Waals surface area contributed by atoms with Crippen LogP contribution in [0.3, 0.4) is 0 Å². The molecule has 1 aromatic carbocycles. The van der Waals surface area contributed by atoms with Crippen LogP contribution in [0, 0.1) is 12.8 Å². The first-order chi connectivity index (χ1) is 14.3. The Morgan fingerprint density at radius 3 is 2.27 bits per heavy atom. The predicted molar refractivity (Wildman–Crippen MR) is 119 cm³/mol. The van der Waals surface area contributed by atoms with E-state index in [1.807, 2.05) is 61.4 Å². The molecule has 1 atom stereocenters. The molecule has 2 heterocycles. The fourth-order valence-corrected chi connectivity index (χ4v) is 4.33. The largest absolute Gasteiger partial charge is 0.352 e. The van der Waals surface area contributed by atoms with Crippen molar-refractivity contribution in [2.24, 2.45) is 5.92 Å². The Balaban J connectivity index is 1.66. The van der Waals surface area contributed by atoms with Gasteiger partial charge in [-0.2, -0.15) is 0 Å². The Hall–Kier alpha value is -2.67. The van der Waals surface area contributed by atoms with Crippen LogP contribution in [0.5, 0.6) is 0 Å². The minimum absolute atomic E-state index is 0.0122. The van der Waals surface area contributed by atoms with E-state index < -0.39 is 6.04 Å². The molecule has 2 aromatic rings. The van der Waals surface area contributed by atoms with E-state index in [4.69, 9.17) is 0 Å². The van der Waals surface area contributed by atoms with Gasteiger partial charge in [-0.25, -0.2) is 0 Å². The van der Waals surface area contributed by atoms with Crippen molar-refractivity contribution < 1.29 is 14.4 Å². The fourth-order valence-electron chi connectivity index (χ4n) is 3.71. The summed E-state index contributed by atoms with van der Waals surface area (Å²) >= 11 is 1.35. The summed E-state index contributed by atoms with van der Waals surface area (Å²) in [5, 5.41) is 7.70. The maximum Gasteiger partial charge on any atom is 0.262 e. The molecule has 0 aliphatic carbocycles. The Bertz CT molecular complexity index is 870. The standard InChI is InChI=1S/C23H29N3O3S/c1-15(2)24-22(28)20(25-21(27)19-5-4-14-30-19)17-10-12-26(13-11-17)23(29)18-8-6-16(3)7-9-18/h4-9,14-15,17,20H,10-13H2,1-3H3,(H,24,28)(H,25,27)/t20-/m1/s1. The molecule has 0 radical (unpaired) electrons. The van der Waals surface area contributed by atoms with Crippen LogP contribution in [0.15, 0.2) is 41.8 Å². The summed E-state index contributed by atoms with van der Waals surface area (Å²) in [6.45, 7) is 6.93. The fraction of sp³-hybridized carbons (Fsp3) is 0.435. The van der Waals surface area contributed by atoms with Gasteiger partial charge in [0.1, 0.15) is 6.04 Å². The van der Waals surface area contributed by atoms with Crippen LogP contribution >= 0.6 is 11.3 Å². The number of piperidine rings is 1. The zero-order chi connectivity index (χ0) is 21.7. The van der Waals surface area contributed by atoms with E-state index >= 15 is 0 Å². The molecular formula is C23H29N3O3S. The van der Waals surface area contributed by atoms with Crippen LogP contribution in [0.4, 0.5) is 0 Å². The monoisotopic (exact) mass is 427 g/mol. The Morgan fingerprint density at radius 1 is 1.03 bits per heavy atom. The molecule has 1 aliphatic rings. The molecule has 0 unspecified atom stereocenters. The van der Waals surface area contributed by atoms with Crippen molar-refractivity contribution in [1.82, 2.24) is 15.5 Å². The van der Waals surface area contributed by atoms with E-state index in [9.17, 15) is 14.4 Å².